The summed E-state index contributed by atoms with van der Waals surface area (Å²) in [5.41, 5.74) is 8.64. The fourth-order valence-electron chi connectivity index (χ4n) is 1.85. The number of rotatable bonds is 4. The summed E-state index contributed by atoms with van der Waals surface area (Å²) in [5.74, 6) is 0. The van der Waals surface area contributed by atoms with Gasteiger partial charge in [0.05, 0.1) is 6.20 Å². The Bertz CT molecular complexity index is 539. The topological polar surface area (TPSA) is 43.8 Å². The minimum atomic E-state index is 0.00362. The third kappa shape index (κ3) is 3.33. The van der Waals surface area contributed by atoms with E-state index in [0.717, 1.165) is 17.4 Å². The lowest BCUT2D eigenvalue weighted by molar-refractivity contribution is 0.657. The van der Waals surface area contributed by atoms with Crippen LogP contribution in [0.1, 0.15) is 24.1 Å². The molecule has 2 rings (SSSR count). The average molecular weight is 420 g/mol. The predicted octanol–water partition coefficient (Wildman–Crippen LogP) is 3.51. The highest BCUT2D eigenvalue weighted by Crippen LogP contribution is 2.25. The van der Waals surface area contributed by atoms with Crippen LogP contribution >= 0.6 is 38.5 Å². The van der Waals surface area contributed by atoms with Crippen molar-refractivity contribution in [1.29, 1.82) is 0 Å². The second-order valence-electron chi connectivity index (χ2n) is 4.18. The molecule has 0 spiro atoms. The minimum absolute atomic E-state index is 0.00362. The molecule has 0 aliphatic rings. The van der Waals surface area contributed by atoms with Gasteiger partial charge in [0, 0.05) is 26.8 Å². The van der Waals surface area contributed by atoms with E-state index in [2.05, 4.69) is 68.9 Å². The fraction of sp³-hybridized carbons (Fsp3) is 0.308. The zero-order valence-corrected chi connectivity index (χ0v) is 13.8. The van der Waals surface area contributed by atoms with Crippen LogP contribution in [0.4, 0.5) is 0 Å². The van der Waals surface area contributed by atoms with Crippen molar-refractivity contribution in [1.82, 2.24) is 9.78 Å². The van der Waals surface area contributed by atoms with Crippen molar-refractivity contribution in [2.75, 3.05) is 0 Å². The molecule has 18 heavy (non-hydrogen) atoms. The monoisotopic (exact) mass is 419 g/mol. The molecule has 0 aliphatic heterocycles. The lowest BCUT2D eigenvalue weighted by atomic mass is 10.0. The van der Waals surface area contributed by atoms with Gasteiger partial charge in [-0.3, -0.25) is 4.68 Å². The van der Waals surface area contributed by atoms with Crippen LogP contribution < -0.4 is 5.73 Å². The van der Waals surface area contributed by atoms with E-state index >= 15 is 0 Å². The van der Waals surface area contributed by atoms with Gasteiger partial charge in [-0.25, -0.2) is 0 Å². The fourth-order valence-corrected chi connectivity index (χ4v) is 2.96. The average Bonchev–Trinajstić information content (AvgIpc) is 2.80. The normalized spacial score (nSPS) is 12.7. The molecule has 1 aromatic carbocycles. The standard InChI is InChI=1S/C13H15BrIN3/c1-2-18-8-9(7-17-18)5-13(16)11-6-10(14)3-4-12(11)15/h3-4,6-8,13H,2,5,16H2,1H3. The van der Waals surface area contributed by atoms with Crippen LogP contribution in [-0.4, -0.2) is 9.78 Å². The van der Waals surface area contributed by atoms with Crippen LogP contribution in [0, 0.1) is 3.57 Å². The van der Waals surface area contributed by atoms with Crippen molar-refractivity contribution < 1.29 is 0 Å². The first kappa shape index (κ1) is 14.0. The highest BCUT2D eigenvalue weighted by atomic mass is 127. The summed E-state index contributed by atoms with van der Waals surface area (Å²) in [6.45, 7) is 2.97. The molecule has 5 heteroatoms. The molecule has 0 saturated carbocycles. The number of aryl methyl sites for hydroxylation is 1. The molecule has 0 bridgehead atoms. The van der Waals surface area contributed by atoms with E-state index in [1.54, 1.807) is 0 Å². The number of nitrogens with zero attached hydrogens (tertiary/aromatic N) is 2. The Hall–Kier alpha value is -0.400. The molecule has 2 N–H and O–H groups in total. The third-order valence-corrected chi connectivity index (χ3v) is 4.30. The number of benzene rings is 1. The van der Waals surface area contributed by atoms with Gasteiger partial charge in [0.25, 0.3) is 0 Å². The molecule has 3 nitrogen and oxygen atoms in total. The summed E-state index contributed by atoms with van der Waals surface area (Å²) in [6.07, 6.45) is 4.77. The molecular formula is C13H15BrIN3. The van der Waals surface area contributed by atoms with E-state index in [-0.39, 0.29) is 6.04 Å². The molecule has 0 amide bonds. The second-order valence-corrected chi connectivity index (χ2v) is 6.26. The van der Waals surface area contributed by atoms with E-state index in [9.17, 15) is 0 Å². The zero-order chi connectivity index (χ0) is 13.1. The molecule has 0 aliphatic carbocycles. The van der Waals surface area contributed by atoms with Gasteiger partial charge in [-0.1, -0.05) is 15.9 Å². The Morgan fingerprint density at radius 3 is 2.94 bits per heavy atom. The number of halogens is 2. The van der Waals surface area contributed by atoms with Crippen molar-refractivity contribution in [2.24, 2.45) is 5.73 Å². The number of hydrogen-bond acceptors (Lipinski definition) is 2. The van der Waals surface area contributed by atoms with Gasteiger partial charge in [-0.2, -0.15) is 5.10 Å². The van der Waals surface area contributed by atoms with Crippen LogP contribution in [0.15, 0.2) is 35.1 Å². The predicted molar refractivity (Wildman–Crippen MR) is 85.4 cm³/mol. The zero-order valence-electron chi connectivity index (χ0n) is 10.1. The van der Waals surface area contributed by atoms with Gasteiger partial charge >= 0.3 is 0 Å². The molecule has 0 fully saturated rings. The Morgan fingerprint density at radius 2 is 2.28 bits per heavy atom. The highest BCUT2D eigenvalue weighted by Gasteiger charge is 2.12. The van der Waals surface area contributed by atoms with Crippen LogP contribution in [0.25, 0.3) is 0 Å². The number of aromatic nitrogens is 2. The van der Waals surface area contributed by atoms with E-state index in [0.29, 0.717) is 0 Å². The van der Waals surface area contributed by atoms with Crippen LogP contribution in [0.5, 0.6) is 0 Å². The van der Waals surface area contributed by atoms with Crippen molar-refractivity contribution in [3.8, 4) is 0 Å². The summed E-state index contributed by atoms with van der Waals surface area (Å²) in [7, 11) is 0. The largest absolute Gasteiger partial charge is 0.324 e. The van der Waals surface area contributed by atoms with E-state index in [1.807, 2.05) is 16.9 Å². The summed E-state index contributed by atoms with van der Waals surface area (Å²) in [6, 6.07) is 6.21. The lowest BCUT2D eigenvalue weighted by Crippen LogP contribution is -2.14. The highest BCUT2D eigenvalue weighted by molar-refractivity contribution is 14.1. The SMILES string of the molecule is CCn1cc(CC(N)c2cc(Br)ccc2I)cn1. The number of hydrogen-bond donors (Lipinski definition) is 1. The van der Waals surface area contributed by atoms with E-state index < -0.39 is 0 Å². The quantitative estimate of drug-likeness (QED) is 0.770. The first-order chi connectivity index (χ1) is 8.60. The lowest BCUT2D eigenvalue weighted by Gasteiger charge is -2.13. The van der Waals surface area contributed by atoms with Gasteiger partial charge in [-0.05, 0) is 65.3 Å². The molecule has 1 heterocycles. The van der Waals surface area contributed by atoms with Gasteiger partial charge in [0.1, 0.15) is 0 Å². The van der Waals surface area contributed by atoms with Gasteiger partial charge in [0.2, 0.25) is 0 Å². The second kappa shape index (κ2) is 6.16. The maximum absolute atomic E-state index is 6.28. The number of nitrogens with two attached hydrogens (primary N) is 1. The van der Waals surface area contributed by atoms with Gasteiger partial charge in [-0.15, -0.1) is 0 Å². The Kier molecular flexibility index (Phi) is 4.80. The minimum Gasteiger partial charge on any atom is -0.324 e. The smallest absolute Gasteiger partial charge is 0.0522 e. The molecule has 1 aromatic heterocycles. The molecule has 2 aromatic rings. The van der Waals surface area contributed by atoms with Crippen molar-refractivity contribution in [2.45, 2.75) is 25.9 Å². The summed E-state index contributed by atoms with van der Waals surface area (Å²) < 4.78 is 4.19. The van der Waals surface area contributed by atoms with Gasteiger partial charge in [0.15, 0.2) is 0 Å². The Balaban J connectivity index is 2.16. The molecule has 96 valence electrons. The van der Waals surface area contributed by atoms with E-state index in [4.69, 9.17) is 5.73 Å². The first-order valence-corrected chi connectivity index (χ1v) is 7.69. The van der Waals surface area contributed by atoms with Crippen molar-refractivity contribution in [3.05, 3.63) is 49.8 Å². The van der Waals surface area contributed by atoms with Crippen molar-refractivity contribution >= 4 is 38.5 Å². The third-order valence-electron chi connectivity index (χ3n) is 2.82. The van der Waals surface area contributed by atoms with Crippen LogP contribution in [-0.2, 0) is 13.0 Å². The van der Waals surface area contributed by atoms with Crippen LogP contribution in [0.2, 0.25) is 0 Å². The molecule has 1 atom stereocenters. The first-order valence-electron chi connectivity index (χ1n) is 5.82. The molecular weight excluding hydrogens is 405 g/mol. The molecule has 1 unspecified atom stereocenters. The van der Waals surface area contributed by atoms with E-state index in [1.165, 1.54) is 14.7 Å². The van der Waals surface area contributed by atoms with Gasteiger partial charge < -0.3 is 5.73 Å². The molecule has 0 saturated heterocycles. The van der Waals surface area contributed by atoms with Crippen molar-refractivity contribution in [3.63, 3.8) is 0 Å². The summed E-state index contributed by atoms with van der Waals surface area (Å²) >= 11 is 5.82. The molecule has 0 radical (unpaired) electrons. The summed E-state index contributed by atoms with van der Waals surface area (Å²) in [4.78, 5) is 0. The maximum Gasteiger partial charge on any atom is 0.0522 e. The maximum atomic E-state index is 6.28. The van der Waals surface area contributed by atoms with Crippen LogP contribution in [0.3, 0.4) is 0 Å². The Labute approximate surface area is 129 Å². The summed E-state index contributed by atoms with van der Waals surface area (Å²) in [5, 5.41) is 4.27. The Morgan fingerprint density at radius 1 is 1.50 bits per heavy atom.